The van der Waals surface area contributed by atoms with Crippen LogP contribution in [-0.4, -0.2) is 18.1 Å². The summed E-state index contributed by atoms with van der Waals surface area (Å²) in [6.07, 6.45) is 3.01. The number of azide groups is 1. The second-order valence-corrected chi connectivity index (χ2v) is 4.43. The number of carbonyl (C=O) groups excluding carboxylic acids is 1. The molecule has 2 rings (SSSR count). The van der Waals surface area contributed by atoms with E-state index in [0.717, 1.165) is 11.1 Å². The van der Waals surface area contributed by atoms with Crippen molar-refractivity contribution in [3.63, 3.8) is 0 Å². The van der Waals surface area contributed by atoms with E-state index >= 15 is 0 Å². The highest BCUT2D eigenvalue weighted by molar-refractivity contribution is 5.72. The zero-order valence-corrected chi connectivity index (χ0v) is 10.7. The normalized spacial score (nSPS) is 22.1. The molecule has 0 aromatic heterocycles. The fraction of sp³-hybridized carbons (Fsp3) is 0.357. The number of hydrogen-bond acceptors (Lipinski definition) is 3. The minimum absolute atomic E-state index is 0.195. The summed E-state index contributed by atoms with van der Waals surface area (Å²) in [4.78, 5) is 13.9. The number of esters is 1. The predicted octanol–water partition coefficient (Wildman–Crippen LogP) is 3.47. The summed E-state index contributed by atoms with van der Waals surface area (Å²) in [7, 11) is 0. The van der Waals surface area contributed by atoms with Gasteiger partial charge in [0.1, 0.15) is 6.10 Å². The van der Waals surface area contributed by atoms with Crippen LogP contribution < -0.4 is 0 Å². The van der Waals surface area contributed by atoms with E-state index in [-0.39, 0.29) is 18.1 Å². The molecule has 1 aliphatic carbocycles. The molecule has 0 spiro atoms. The van der Waals surface area contributed by atoms with Gasteiger partial charge in [-0.05, 0) is 35.6 Å². The van der Waals surface area contributed by atoms with Gasteiger partial charge in [0.05, 0.1) is 6.04 Å². The molecule has 1 aliphatic rings. The Labute approximate surface area is 111 Å². The molecule has 0 amide bonds. The minimum Gasteiger partial charge on any atom is -0.458 e. The molecular formula is C14H15N3O2. The van der Waals surface area contributed by atoms with Crippen LogP contribution in [0.1, 0.15) is 25.3 Å². The standard InChI is InChI=1S/C14H15N3O2/c1-10(18)19-12-7-8-14(16-17-15)13(9-12)11-5-3-2-4-6-11/h2-6,9,12,14H,7-8H2,1H3/t12-,14-/m0/s1. The van der Waals surface area contributed by atoms with E-state index in [1.807, 2.05) is 36.4 Å². The van der Waals surface area contributed by atoms with Gasteiger partial charge in [-0.1, -0.05) is 35.4 Å². The Morgan fingerprint density at radius 1 is 1.37 bits per heavy atom. The third kappa shape index (κ3) is 3.36. The summed E-state index contributed by atoms with van der Waals surface area (Å²) in [5.74, 6) is -0.295. The first-order valence-corrected chi connectivity index (χ1v) is 6.19. The van der Waals surface area contributed by atoms with Crippen LogP contribution in [0.3, 0.4) is 0 Å². The number of ether oxygens (including phenoxy) is 1. The van der Waals surface area contributed by atoms with E-state index in [4.69, 9.17) is 10.3 Å². The van der Waals surface area contributed by atoms with Crippen molar-refractivity contribution in [2.75, 3.05) is 0 Å². The van der Waals surface area contributed by atoms with Gasteiger partial charge in [0.25, 0.3) is 0 Å². The number of benzene rings is 1. The van der Waals surface area contributed by atoms with Gasteiger partial charge in [0, 0.05) is 11.8 Å². The van der Waals surface area contributed by atoms with E-state index < -0.39 is 0 Å². The highest BCUT2D eigenvalue weighted by Gasteiger charge is 2.24. The fourth-order valence-corrected chi connectivity index (χ4v) is 2.28. The Balaban J connectivity index is 2.33. The van der Waals surface area contributed by atoms with Crippen molar-refractivity contribution >= 4 is 11.5 Å². The monoisotopic (exact) mass is 257 g/mol. The SMILES string of the molecule is CC(=O)O[C@@H]1C=C(c2ccccc2)[C@@H](N=[N+]=[N-])CC1. The largest absolute Gasteiger partial charge is 0.458 e. The van der Waals surface area contributed by atoms with Gasteiger partial charge in [0.15, 0.2) is 0 Å². The zero-order valence-electron chi connectivity index (χ0n) is 10.7. The molecule has 19 heavy (non-hydrogen) atoms. The molecule has 98 valence electrons. The van der Waals surface area contributed by atoms with Crippen LogP contribution in [0.4, 0.5) is 0 Å². The first-order valence-electron chi connectivity index (χ1n) is 6.19. The summed E-state index contributed by atoms with van der Waals surface area (Å²) in [6, 6.07) is 9.51. The lowest BCUT2D eigenvalue weighted by Gasteiger charge is -2.26. The maximum atomic E-state index is 11.0. The first-order chi connectivity index (χ1) is 9.20. The maximum Gasteiger partial charge on any atom is 0.303 e. The Morgan fingerprint density at radius 3 is 2.74 bits per heavy atom. The Hall–Kier alpha value is -2.26. The molecule has 0 saturated carbocycles. The fourth-order valence-electron chi connectivity index (χ4n) is 2.28. The summed E-state index contributed by atoms with van der Waals surface area (Å²) < 4.78 is 5.22. The van der Waals surface area contributed by atoms with Crippen LogP contribution in [0.2, 0.25) is 0 Å². The quantitative estimate of drug-likeness (QED) is 0.360. The number of carbonyl (C=O) groups is 1. The highest BCUT2D eigenvalue weighted by Crippen LogP contribution is 2.31. The van der Waals surface area contributed by atoms with Crippen LogP contribution in [0.15, 0.2) is 41.5 Å². The molecule has 0 fully saturated rings. The molecule has 1 aromatic rings. The van der Waals surface area contributed by atoms with Gasteiger partial charge in [-0.15, -0.1) is 0 Å². The average molecular weight is 257 g/mol. The van der Waals surface area contributed by atoms with Crippen molar-refractivity contribution in [2.24, 2.45) is 5.11 Å². The zero-order chi connectivity index (χ0) is 13.7. The molecule has 1 aromatic carbocycles. The minimum atomic E-state index is -0.295. The molecular weight excluding hydrogens is 242 g/mol. The third-order valence-corrected chi connectivity index (χ3v) is 3.06. The van der Waals surface area contributed by atoms with Gasteiger partial charge >= 0.3 is 5.97 Å². The molecule has 0 heterocycles. The van der Waals surface area contributed by atoms with Gasteiger partial charge in [-0.25, -0.2) is 0 Å². The molecule has 0 bridgehead atoms. The van der Waals surface area contributed by atoms with E-state index in [9.17, 15) is 4.79 Å². The maximum absolute atomic E-state index is 11.0. The van der Waals surface area contributed by atoms with E-state index in [1.165, 1.54) is 6.92 Å². The first kappa shape index (κ1) is 13.2. The van der Waals surface area contributed by atoms with Gasteiger partial charge in [0.2, 0.25) is 0 Å². The van der Waals surface area contributed by atoms with Crippen molar-refractivity contribution in [3.05, 3.63) is 52.4 Å². The summed E-state index contributed by atoms with van der Waals surface area (Å²) in [5, 5.41) is 3.83. The number of hydrogen-bond donors (Lipinski definition) is 0. The van der Waals surface area contributed by atoms with E-state index in [1.54, 1.807) is 0 Å². The highest BCUT2D eigenvalue weighted by atomic mass is 16.5. The van der Waals surface area contributed by atoms with E-state index in [2.05, 4.69) is 10.0 Å². The number of rotatable bonds is 3. The molecule has 0 saturated heterocycles. The second kappa shape index (κ2) is 6.07. The van der Waals surface area contributed by atoms with Crippen molar-refractivity contribution in [2.45, 2.75) is 31.9 Å². The molecule has 0 unspecified atom stereocenters. The average Bonchev–Trinajstić information content (AvgIpc) is 2.41. The Bertz CT molecular complexity index is 533. The molecule has 5 heteroatoms. The molecule has 5 nitrogen and oxygen atoms in total. The summed E-state index contributed by atoms with van der Waals surface area (Å²) >= 11 is 0. The molecule has 0 N–H and O–H groups in total. The lowest BCUT2D eigenvalue weighted by molar-refractivity contribution is -0.144. The van der Waals surface area contributed by atoms with Crippen LogP contribution in [0, 0.1) is 0 Å². The topological polar surface area (TPSA) is 75.1 Å². The van der Waals surface area contributed by atoms with Crippen LogP contribution in [-0.2, 0) is 9.53 Å². The molecule has 0 radical (unpaired) electrons. The smallest absolute Gasteiger partial charge is 0.303 e. The summed E-state index contributed by atoms with van der Waals surface area (Å²) in [5.41, 5.74) is 10.6. The molecule has 0 aliphatic heterocycles. The van der Waals surface area contributed by atoms with Crippen LogP contribution in [0.5, 0.6) is 0 Å². The third-order valence-electron chi connectivity index (χ3n) is 3.06. The Kier molecular flexibility index (Phi) is 4.21. The van der Waals surface area contributed by atoms with Crippen molar-refractivity contribution in [3.8, 4) is 0 Å². The van der Waals surface area contributed by atoms with Gasteiger partial charge < -0.3 is 4.74 Å². The number of nitrogens with zero attached hydrogens (tertiary/aromatic N) is 3. The van der Waals surface area contributed by atoms with E-state index in [0.29, 0.717) is 12.8 Å². The van der Waals surface area contributed by atoms with Crippen molar-refractivity contribution in [1.82, 2.24) is 0 Å². The van der Waals surface area contributed by atoms with Crippen LogP contribution >= 0.6 is 0 Å². The predicted molar refractivity (Wildman–Crippen MR) is 72.1 cm³/mol. The van der Waals surface area contributed by atoms with Gasteiger partial charge in [-0.2, -0.15) is 0 Å². The van der Waals surface area contributed by atoms with Crippen LogP contribution in [0.25, 0.3) is 16.0 Å². The van der Waals surface area contributed by atoms with Crippen molar-refractivity contribution in [1.29, 1.82) is 0 Å². The lowest BCUT2D eigenvalue weighted by Crippen LogP contribution is -2.23. The van der Waals surface area contributed by atoms with Crippen molar-refractivity contribution < 1.29 is 9.53 Å². The summed E-state index contributed by atoms with van der Waals surface area (Å²) in [6.45, 7) is 1.40. The second-order valence-electron chi connectivity index (χ2n) is 4.43. The lowest BCUT2D eigenvalue weighted by atomic mass is 9.88. The molecule has 2 atom stereocenters. The van der Waals surface area contributed by atoms with Gasteiger partial charge in [-0.3, -0.25) is 4.79 Å². The Morgan fingerprint density at radius 2 is 2.11 bits per heavy atom.